The number of methoxy groups -OCH3 is 1. The van der Waals surface area contributed by atoms with Gasteiger partial charge in [0.15, 0.2) is 0 Å². The van der Waals surface area contributed by atoms with Crippen LogP contribution in [0.2, 0.25) is 5.02 Å². The quantitative estimate of drug-likeness (QED) is 0.587. The Morgan fingerprint density at radius 1 is 0.929 bits per heavy atom. The lowest BCUT2D eigenvalue weighted by molar-refractivity contribution is 0.0601. The van der Waals surface area contributed by atoms with Crippen molar-refractivity contribution in [2.24, 2.45) is 0 Å². The van der Waals surface area contributed by atoms with E-state index in [9.17, 15) is 13.2 Å². The molecule has 0 atom stereocenters. The largest absolute Gasteiger partial charge is 0.465 e. The summed E-state index contributed by atoms with van der Waals surface area (Å²) in [6.07, 6.45) is 0. The zero-order valence-electron chi connectivity index (χ0n) is 14.8. The van der Waals surface area contributed by atoms with E-state index in [4.69, 9.17) is 16.3 Å². The lowest BCUT2D eigenvalue weighted by atomic mass is 10.2. The second-order valence-electron chi connectivity index (χ2n) is 5.68. The van der Waals surface area contributed by atoms with Gasteiger partial charge in [-0.1, -0.05) is 29.8 Å². The summed E-state index contributed by atoms with van der Waals surface area (Å²) in [5.74, 6) is 0.491. The second kappa shape index (κ2) is 8.33. The van der Waals surface area contributed by atoms with Gasteiger partial charge in [0.05, 0.1) is 22.6 Å². The summed E-state index contributed by atoms with van der Waals surface area (Å²) in [5, 5.41) is 0.164. The third-order valence-electron chi connectivity index (χ3n) is 3.74. The Morgan fingerprint density at radius 3 is 2.21 bits per heavy atom. The third kappa shape index (κ3) is 4.62. The summed E-state index contributed by atoms with van der Waals surface area (Å²) in [4.78, 5) is 11.8. The highest BCUT2D eigenvalue weighted by Gasteiger charge is 2.17. The van der Waals surface area contributed by atoms with Gasteiger partial charge in [0.25, 0.3) is 10.0 Å². The van der Waals surface area contributed by atoms with Crippen molar-refractivity contribution in [2.45, 2.75) is 4.90 Å². The van der Waals surface area contributed by atoms with Gasteiger partial charge in [0.1, 0.15) is 11.5 Å². The summed E-state index contributed by atoms with van der Waals surface area (Å²) in [6.45, 7) is 0. The molecule has 8 heteroatoms. The Bertz CT molecular complexity index is 1080. The van der Waals surface area contributed by atoms with E-state index in [1.807, 2.05) is 18.2 Å². The zero-order chi connectivity index (χ0) is 20.1. The van der Waals surface area contributed by atoms with Crippen LogP contribution in [0.5, 0.6) is 11.5 Å². The first-order valence-electron chi connectivity index (χ1n) is 8.13. The molecular weight excluding hydrogens is 402 g/mol. The van der Waals surface area contributed by atoms with Crippen LogP contribution in [-0.2, 0) is 14.8 Å². The van der Waals surface area contributed by atoms with Crippen molar-refractivity contribution in [3.05, 3.63) is 83.4 Å². The molecule has 0 aliphatic heterocycles. The van der Waals surface area contributed by atoms with Crippen molar-refractivity contribution in [3.63, 3.8) is 0 Å². The molecule has 144 valence electrons. The molecule has 0 saturated carbocycles. The molecule has 0 saturated heterocycles. The lowest BCUT2D eigenvalue weighted by Gasteiger charge is -2.11. The van der Waals surface area contributed by atoms with Crippen LogP contribution in [0.4, 0.5) is 5.69 Å². The first-order chi connectivity index (χ1) is 13.4. The first kappa shape index (κ1) is 19.7. The highest BCUT2D eigenvalue weighted by atomic mass is 35.5. The Labute approximate surface area is 167 Å². The molecule has 0 fully saturated rings. The van der Waals surface area contributed by atoms with Crippen molar-refractivity contribution in [1.82, 2.24) is 0 Å². The maximum atomic E-state index is 12.6. The molecule has 0 spiro atoms. The second-order valence-corrected chi connectivity index (χ2v) is 7.77. The van der Waals surface area contributed by atoms with E-state index in [1.54, 1.807) is 24.3 Å². The van der Waals surface area contributed by atoms with Crippen molar-refractivity contribution in [2.75, 3.05) is 11.8 Å². The standard InChI is InChI=1S/C20H16ClNO5S/c1-26-20(23)18-13-14(7-12-19(18)21)22-28(24,25)17-10-8-16(9-11-17)27-15-5-3-2-4-6-15/h2-13,22H,1H3. The molecule has 0 amide bonds. The van der Waals surface area contributed by atoms with Crippen LogP contribution in [0.15, 0.2) is 77.7 Å². The average Bonchev–Trinajstić information content (AvgIpc) is 2.70. The molecule has 6 nitrogen and oxygen atoms in total. The normalized spacial score (nSPS) is 10.9. The SMILES string of the molecule is COC(=O)c1cc(NS(=O)(=O)c2ccc(Oc3ccccc3)cc2)ccc1Cl. The number of anilines is 1. The molecule has 1 N–H and O–H groups in total. The Morgan fingerprint density at radius 2 is 1.57 bits per heavy atom. The highest BCUT2D eigenvalue weighted by Crippen LogP contribution is 2.26. The summed E-state index contributed by atoms with van der Waals surface area (Å²) in [6, 6.07) is 19.3. The molecule has 0 aromatic heterocycles. The fourth-order valence-electron chi connectivity index (χ4n) is 2.38. The van der Waals surface area contributed by atoms with Crippen molar-refractivity contribution >= 4 is 33.3 Å². The van der Waals surface area contributed by atoms with E-state index >= 15 is 0 Å². The van der Waals surface area contributed by atoms with E-state index in [2.05, 4.69) is 9.46 Å². The number of hydrogen-bond acceptors (Lipinski definition) is 5. The number of para-hydroxylation sites is 1. The average molecular weight is 418 g/mol. The van der Waals surface area contributed by atoms with E-state index in [-0.39, 0.29) is 21.2 Å². The number of hydrogen-bond donors (Lipinski definition) is 1. The number of halogens is 1. The minimum atomic E-state index is -3.87. The summed E-state index contributed by atoms with van der Waals surface area (Å²) < 4.78 is 37.9. The molecular formula is C20H16ClNO5S. The highest BCUT2D eigenvalue weighted by molar-refractivity contribution is 7.92. The van der Waals surface area contributed by atoms with Gasteiger partial charge in [-0.05, 0) is 54.6 Å². The summed E-state index contributed by atoms with van der Waals surface area (Å²) in [5.41, 5.74) is 0.255. The molecule has 3 aromatic rings. The number of carbonyl (C=O) groups excluding carboxylic acids is 1. The van der Waals surface area contributed by atoms with Crippen LogP contribution >= 0.6 is 11.6 Å². The third-order valence-corrected chi connectivity index (χ3v) is 5.46. The number of rotatable bonds is 6. The van der Waals surface area contributed by atoms with Gasteiger partial charge in [-0.3, -0.25) is 4.72 Å². The van der Waals surface area contributed by atoms with Gasteiger partial charge in [0.2, 0.25) is 0 Å². The van der Waals surface area contributed by atoms with Crippen LogP contribution in [0.1, 0.15) is 10.4 Å². The molecule has 0 unspecified atom stereocenters. The molecule has 3 rings (SSSR count). The van der Waals surface area contributed by atoms with Gasteiger partial charge in [-0.25, -0.2) is 13.2 Å². The Kier molecular flexibility index (Phi) is 5.87. The van der Waals surface area contributed by atoms with E-state index in [1.165, 1.54) is 37.4 Å². The van der Waals surface area contributed by atoms with Crippen LogP contribution in [0.25, 0.3) is 0 Å². The van der Waals surface area contributed by atoms with E-state index < -0.39 is 16.0 Å². The predicted molar refractivity (Wildman–Crippen MR) is 107 cm³/mol. The zero-order valence-corrected chi connectivity index (χ0v) is 16.3. The fourth-order valence-corrected chi connectivity index (χ4v) is 3.62. The van der Waals surface area contributed by atoms with Gasteiger partial charge in [-0.2, -0.15) is 0 Å². The van der Waals surface area contributed by atoms with Crippen LogP contribution in [-0.4, -0.2) is 21.5 Å². The number of carbonyl (C=O) groups is 1. The number of esters is 1. The summed E-state index contributed by atoms with van der Waals surface area (Å²) in [7, 11) is -2.65. The lowest BCUT2D eigenvalue weighted by Crippen LogP contribution is -2.13. The van der Waals surface area contributed by atoms with Crippen LogP contribution < -0.4 is 9.46 Å². The molecule has 0 heterocycles. The minimum absolute atomic E-state index is 0.0440. The molecule has 0 radical (unpaired) electrons. The van der Waals surface area contributed by atoms with E-state index in [0.717, 1.165) is 0 Å². The first-order valence-corrected chi connectivity index (χ1v) is 9.99. The molecule has 3 aromatic carbocycles. The van der Waals surface area contributed by atoms with Crippen molar-refractivity contribution in [1.29, 1.82) is 0 Å². The van der Waals surface area contributed by atoms with Crippen molar-refractivity contribution < 1.29 is 22.7 Å². The number of ether oxygens (including phenoxy) is 2. The monoisotopic (exact) mass is 417 g/mol. The maximum absolute atomic E-state index is 12.6. The molecule has 28 heavy (non-hydrogen) atoms. The van der Waals surface area contributed by atoms with Gasteiger partial charge in [0, 0.05) is 5.69 Å². The molecule has 0 aliphatic rings. The Balaban J connectivity index is 1.79. The Hall–Kier alpha value is -3.03. The van der Waals surface area contributed by atoms with Crippen LogP contribution in [0.3, 0.4) is 0 Å². The number of nitrogens with one attached hydrogen (secondary N) is 1. The summed E-state index contributed by atoms with van der Waals surface area (Å²) >= 11 is 5.95. The van der Waals surface area contributed by atoms with Crippen molar-refractivity contribution in [3.8, 4) is 11.5 Å². The smallest absolute Gasteiger partial charge is 0.339 e. The number of sulfonamides is 1. The fraction of sp³-hybridized carbons (Fsp3) is 0.0500. The van der Waals surface area contributed by atoms with Gasteiger partial charge in [-0.15, -0.1) is 0 Å². The van der Waals surface area contributed by atoms with Gasteiger partial charge >= 0.3 is 5.97 Å². The maximum Gasteiger partial charge on any atom is 0.339 e. The number of benzene rings is 3. The molecule has 0 aliphatic carbocycles. The van der Waals surface area contributed by atoms with Crippen LogP contribution in [0, 0.1) is 0 Å². The minimum Gasteiger partial charge on any atom is -0.465 e. The van der Waals surface area contributed by atoms with E-state index in [0.29, 0.717) is 11.5 Å². The molecule has 0 bridgehead atoms. The predicted octanol–water partition coefficient (Wildman–Crippen LogP) is 4.72. The topological polar surface area (TPSA) is 81.7 Å². The van der Waals surface area contributed by atoms with Gasteiger partial charge < -0.3 is 9.47 Å².